The predicted octanol–water partition coefficient (Wildman–Crippen LogP) is 3.22. The average Bonchev–Trinajstić information content (AvgIpc) is 3.16. The van der Waals surface area contributed by atoms with E-state index in [0.717, 1.165) is 0 Å². The first-order chi connectivity index (χ1) is 18.0. The minimum atomic E-state index is -1.47. The lowest BCUT2D eigenvalue weighted by molar-refractivity contribution is -0.172. The molecule has 13 heteroatoms. The molecular formula is C26H35Br2NO10. The van der Waals surface area contributed by atoms with Crippen LogP contribution >= 0.6 is 31.9 Å². The van der Waals surface area contributed by atoms with E-state index in [1.54, 1.807) is 27.7 Å². The summed E-state index contributed by atoms with van der Waals surface area (Å²) in [4.78, 5) is 37.4. The number of halogens is 2. The van der Waals surface area contributed by atoms with Crippen molar-refractivity contribution in [3.63, 3.8) is 0 Å². The highest BCUT2D eigenvalue weighted by Gasteiger charge is 2.47. The number of rotatable bonds is 13. The number of nitrogens with zero attached hydrogens (tertiary/aromatic N) is 1. The van der Waals surface area contributed by atoms with Crippen LogP contribution in [0.25, 0.3) is 0 Å². The number of aliphatic hydroxyl groups excluding tert-OH is 1. The number of hydrogen-bond acceptors (Lipinski definition) is 10. The van der Waals surface area contributed by atoms with Crippen molar-refractivity contribution in [3.05, 3.63) is 23.3 Å². The van der Waals surface area contributed by atoms with Crippen LogP contribution in [-0.4, -0.2) is 79.5 Å². The molecule has 3 atom stereocenters. The lowest BCUT2D eigenvalue weighted by Crippen LogP contribution is -2.43. The summed E-state index contributed by atoms with van der Waals surface area (Å²) in [7, 11) is 0. The van der Waals surface area contributed by atoms with Crippen molar-refractivity contribution in [2.45, 2.75) is 61.8 Å². The number of aromatic nitrogens is 1. The Morgan fingerprint density at radius 2 is 1.36 bits per heavy atom. The van der Waals surface area contributed by atoms with Gasteiger partial charge in [-0.05, 0) is 34.6 Å². The fourth-order valence-electron chi connectivity index (χ4n) is 4.18. The van der Waals surface area contributed by atoms with Gasteiger partial charge in [0.25, 0.3) is 0 Å². The van der Waals surface area contributed by atoms with Crippen LogP contribution in [0.5, 0.6) is 11.8 Å². The van der Waals surface area contributed by atoms with Crippen molar-refractivity contribution in [1.82, 2.24) is 4.57 Å². The minimum Gasteiger partial charge on any atom is -0.494 e. The number of hydrogen-bond donors (Lipinski definition) is 3. The van der Waals surface area contributed by atoms with Gasteiger partial charge < -0.3 is 34.3 Å². The zero-order valence-corrected chi connectivity index (χ0v) is 25.7. The number of ether oxygens (including phenoxy) is 4. The van der Waals surface area contributed by atoms with Crippen molar-refractivity contribution in [1.29, 1.82) is 0 Å². The fourth-order valence-corrected chi connectivity index (χ4v) is 4.40. The molecule has 1 aromatic rings. The molecule has 1 aromatic heterocycles. The van der Waals surface area contributed by atoms with Gasteiger partial charge in [0.2, 0.25) is 0 Å². The average molecular weight is 681 g/mol. The Bertz CT molecular complexity index is 1100. The van der Waals surface area contributed by atoms with Gasteiger partial charge in [0.05, 0.1) is 31.4 Å². The molecule has 0 radical (unpaired) electrons. The van der Waals surface area contributed by atoms with Crippen LogP contribution in [0, 0.1) is 11.3 Å². The Labute approximate surface area is 243 Å². The van der Waals surface area contributed by atoms with E-state index in [2.05, 4.69) is 31.9 Å². The van der Waals surface area contributed by atoms with Crippen LogP contribution in [0.1, 0.15) is 57.8 Å². The van der Waals surface area contributed by atoms with E-state index < -0.39 is 38.1 Å². The number of fused-ring (bicyclic) bond motifs is 3. The first-order valence-electron chi connectivity index (χ1n) is 12.5. The van der Waals surface area contributed by atoms with Crippen LogP contribution in [0.15, 0.2) is 12.2 Å². The molecular weight excluding hydrogens is 646 g/mol. The fraction of sp³-hybridized carbons (Fsp3) is 0.654. The molecule has 218 valence electrons. The van der Waals surface area contributed by atoms with E-state index in [1.807, 2.05) is 12.2 Å². The summed E-state index contributed by atoms with van der Waals surface area (Å²) in [6.45, 7) is 7.15. The van der Waals surface area contributed by atoms with Crippen LogP contribution in [0.3, 0.4) is 0 Å². The monoisotopic (exact) mass is 679 g/mol. The molecule has 11 nitrogen and oxygen atoms in total. The Hall–Kier alpha value is -2.09. The second kappa shape index (κ2) is 11.8. The molecule has 0 saturated carbocycles. The van der Waals surface area contributed by atoms with Crippen molar-refractivity contribution >= 4 is 49.8 Å². The molecule has 0 bridgehead atoms. The van der Waals surface area contributed by atoms with Crippen molar-refractivity contribution in [2.75, 3.05) is 33.0 Å². The maximum absolute atomic E-state index is 12.9. The molecule has 0 fully saturated rings. The summed E-state index contributed by atoms with van der Waals surface area (Å²) in [5.41, 5.74) is -0.595. The molecule has 3 unspecified atom stereocenters. The first-order valence-corrected chi connectivity index (χ1v) is 14.1. The SMILES string of the molecule is CC(C)(Br)C(=O)OCC(C)(COC(=O)C(C)(C)Br)C(=O)OCCOCCn1c(O)c2c(c1O)C1C=CC1C2O. The number of aromatic hydroxyl groups is 2. The summed E-state index contributed by atoms with van der Waals surface area (Å²) in [5, 5.41) is 31.5. The summed E-state index contributed by atoms with van der Waals surface area (Å²) in [6.07, 6.45) is 2.87. The second-order valence-corrected chi connectivity index (χ2v) is 14.9. The third-order valence-electron chi connectivity index (χ3n) is 6.66. The summed E-state index contributed by atoms with van der Waals surface area (Å²) < 4.78 is 20.7. The van der Waals surface area contributed by atoms with Crippen LogP contribution in [0.2, 0.25) is 0 Å². The van der Waals surface area contributed by atoms with Gasteiger partial charge in [0, 0.05) is 17.4 Å². The van der Waals surface area contributed by atoms with E-state index in [4.69, 9.17) is 18.9 Å². The van der Waals surface area contributed by atoms with Crippen molar-refractivity contribution in [3.8, 4) is 11.8 Å². The number of allylic oxidation sites excluding steroid dienone is 1. The van der Waals surface area contributed by atoms with Gasteiger partial charge in [0.1, 0.15) is 33.9 Å². The van der Waals surface area contributed by atoms with Crippen LogP contribution in [-0.2, 0) is 39.9 Å². The van der Waals surface area contributed by atoms with E-state index >= 15 is 0 Å². The molecule has 3 rings (SSSR count). The number of carbonyl (C=O) groups excluding carboxylic acids is 3. The molecule has 0 spiro atoms. The van der Waals surface area contributed by atoms with Gasteiger partial charge in [0.15, 0.2) is 11.8 Å². The smallest absolute Gasteiger partial charge is 0.322 e. The molecule has 0 saturated heterocycles. The highest BCUT2D eigenvalue weighted by atomic mass is 79.9. The van der Waals surface area contributed by atoms with E-state index in [-0.39, 0.29) is 63.2 Å². The summed E-state index contributed by atoms with van der Waals surface area (Å²) in [6, 6.07) is 0. The molecule has 0 amide bonds. The van der Waals surface area contributed by atoms with Gasteiger partial charge in [-0.1, -0.05) is 44.0 Å². The predicted molar refractivity (Wildman–Crippen MR) is 146 cm³/mol. The standard InChI is InChI=1S/C26H35Br2NO10/c1-24(2,27)21(33)38-12-26(5,13-39-22(34)25(3,4)28)23(35)37-11-10-36-9-8-29-19(31)16-14-6-7-15(14)18(30)17(16)20(29)32/h6-7,14-15,18,30-32H,8-13H2,1-5H3. The zero-order valence-electron chi connectivity index (χ0n) is 22.5. The third-order valence-corrected chi connectivity index (χ3v) is 7.31. The Kier molecular flexibility index (Phi) is 9.51. The lowest BCUT2D eigenvalue weighted by atomic mass is 9.82. The van der Waals surface area contributed by atoms with E-state index in [9.17, 15) is 29.7 Å². The minimum absolute atomic E-state index is 0.00280. The van der Waals surface area contributed by atoms with Gasteiger partial charge in [-0.15, -0.1) is 0 Å². The molecule has 0 aliphatic heterocycles. The van der Waals surface area contributed by atoms with Crippen molar-refractivity contribution < 1.29 is 48.7 Å². The quantitative estimate of drug-likeness (QED) is 0.0931. The van der Waals surface area contributed by atoms with Crippen LogP contribution < -0.4 is 0 Å². The molecule has 2 aliphatic carbocycles. The van der Waals surface area contributed by atoms with E-state index in [0.29, 0.717) is 11.1 Å². The zero-order chi connectivity index (χ0) is 29.3. The van der Waals surface area contributed by atoms with Crippen LogP contribution in [0.4, 0.5) is 0 Å². The number of carbonyl (C=O) groups is 3. The molecule has 3 N–H and O–H groups in total. The molecule has 1 heterocycles. The number of aliphatic hydroxyl groups is 1. The number of alkyl halides is 2. The normalized spacial score (nSPS) is 20.2. The van der Waals surface area contributed by atoms with E-state index in [1.165, 1.54) is 11.5 Å². The van der Waals surface area contributed by atoms with Gasteiger partial charge >= 0.3 is 17.9 Å². The maximum atomic E-state index is 12.9. The first kappa shape index (κ1) is 31.4. The molecule has 39 heavy (non-hydrogen) atoms. The van der Waals surface area contributed by atoms with Gasteiger partial charge in [-0.25, -0.2) is 0 Å². The lowest BCUT2D eigenvalue weighted by Gasteiger charge is -2.28. The maximum Gasteiger partial charge on any atom is 0.322 e. The number of esters is 3. The largest absolute Gasteiger partial charge is 0.494 e. The highest BCUT2D eigenvalue weighted by Crippen LogP contribution is 2.58. The van der Waals surface area contributed by atoms with Crippen molar-refractivity contribution in [2.24, 2.45) is 11.3 Å². The topological polar surface area (TPSA) is 154 Å². The summed E-state index contributed by atoms with van der Waals surface area (Å²) in [5.74, 6) is -2.49. The summed E-state index contributed by atoms with van der Waals surface area (Å²) >= 11 is 6.41. The Morgan fingerprint density at radius 3 is 1.85 bits per heavy atom. The second-order valence-electron chi connectivity index (χ2n) is 11.0. The van der Waals surface area contributed by atoms with Gasteiger partial charge in [-0.3, -0.25) is 19.0 Å². The third kappa shape index (κ3) is 6.80. The van der Waals surface area contributed by atoms with Gasteiger partial charge in [-0.2, -0.15) is 0 Å². The Balaban J connectivity index is 1.51. The molecule has 0 aromatic carbocycles. The Morgan fingerprint density at radius 1 is 0.821 bits per heavy atom. The highest BCUT2D eigenvalue weighted by molar-refractivity contribution is 9.10. The molecule has 2 aliphatic rings.